The predicted molar refractivity (Wildman–Crippen MR) is 123 cm³/mol. The Morgan fingerprint density at radius 3 is 2.23 bits per heavy atom. The fraction of sp³-hybridized carbons (Fsp3) is 0.500. The molecule has 0 bridgehead atoms. The molecular formula is C22H27NO4S3. The second-order valence-electron chi connectivity index (χ2n) is 8.13. The van der Waals surface area contributed by atoms with E-state index in [4.69, 9.17) is 21.7 Å². The van der Waals surface area contributed by atoms with Gasteiger partial charge in [0.15, 0.2) is 3.95 Å². The van der Waals surface area contributed by atoms with Gasteiger partial charge in [-0.05, 0) is 42.6 Å². The van der Waals surface area contributed by atoms with Crippen LogP contribution in [0.4, 0.5) is 0 Å². The van der Waals surface area contributed by atoms with Crippen LogP contribution < -0.4 is 0 Å². The molecule has 0 spiro atoms. The Balaban J connectivity index is 2.14. The highest BCUT2D eigenvalue weighted by Crippen LogP contribution is 2.51. The molecule has 3 unspecified atom stereocenters. The molecule has 1 aliphatic rings. The normalized spacial score (nSPS) is 21.0. The van der Waals surface area contributed by atoms with Crippen molar-refractivity contribution in [3.8, 4) is 0 Å². The van der Waals surface area contributed by atoms with Gasteiger partial charge in [-0.2, -0.15) is 0 Å². The third-order valence-corrected chi connectivity index (χ3v) is 7.81. The van der Waals surface area contributed by atoms with Crippen molar-refractivity contribution in [2.75, 3.05) is 13.2 Å². The first-order valence-corrected chi connectivity index (χ1v) is 12.1. The van der Waals surface area contributed by atoms with E-state index in [9.17, 15) is 9.59 Å². The monoisotopic (exact) mass is 465 g/mol. The second-order valence-corrected chi connectivity index (χ2v) is 11.0. The summed E-state index contributed by atoms with van der Waals surface area (Å²) in [5.41, 5.74) is 2.18. The third-order valence-electron chi connectivity index (χ3n) is 5.07. The van der Waals surface area contributed by atoms with Gasteiger partial charge in [0.1, 0.15) is 5.25 Å². The lowest BCUT2D eigenvalue weighted by Crippen LogP contribution is -2.41. The van der Waals surface area contributed by atoms with Gasteiger partial charge < -0.3 is 14.5 Å². The average molecular weight is 466 g/mol. The Labute approximate surface area is 190 Å². The summed E-state index contributed by atoms with van der Waals surface area (Å²) in [6.45, 7) is 10.5. The van der Waals surface area contributed by atoms with Gasteiger partial charge in [-0.25, -0.2) is 0 Å². The summed E-state index contributed by atoms with van der Waals surface area (Å²) in [6.07, 6.45) is 0. The number of H-pyrrole nitrogens is 1. The zero-order chi connectivity index (χ0) is 22.1. The minimum absolute atomic E-state index is 0.0185. The fourth-order valence-corrected chi connectivity index (χ4v) is 6.54. The summed E-state index contributed by atoms with van der Waals surface area (Å²) in [5, 5.41) is 0.123. The number of hydrogen-bond acceptors (Lipinski definition) is 7. The van der Waals surface area contributed by atoms with E-state index in [-0.39, 0.29) is 24.5 Å². The lowest BCUT2D eigenvalue weighted by molar-refractivity contribution is -0.154. The van der Waals surface area contributed by atoms with Gasteiger partial charge in [-0.15, -0.1) is 11.3 Å². The van der Waals surface area contributed by atoms with Crippen molar-refractivity contribution >= 4 is 47.3 Å². The number of ether oxygens (including phenoxy) is 2. The first kappa shape index (κ1) is 23.0. The van der Waals surface area contributed by atoms with Crippen LogP contribution in [0, 0.1) is 9.87 Å². The van der Waals surface area contributed by atoms with Gasteiger partial charge in [-0.1, -0.05) is 56.8 Å². The molecule has 30 heavy (non-hydrogen) atoms. The Hall–Kier alpha value is -1.64. The second kappa shape index (κ2) is 9.24. The average Bonchev–Trinajstić information content (AvgIpc) is 3.06. The molecule has 0 saturated heterocycles. The number of thioether (sulfide) groups is 1. The molecular weight excluding hydrogens is 438 g/mol. The van der Waals surface area contributed by atoms with E-state index >= 15 is 0 Å². The smallest absolute Gasteiger partial charge is 0.320 e. The van der Waals surface area contributed by atoms with Crippen molar-refractivity contribution < 1.29 is 19.1 Å². The van der Waals surface area contributed by atoms with Crippen LogP contribution in [0.2, 0.25) is 0 Å². The number of aromatic amines is 1. The minimum Gasteiger partial charge on any atom is -0.466 e. The Morgan fingerprint density at radius 2 is 1.67 bits per heavy atom. The molecule has 5 nitrogen and oxygen atoms in total. The largest absolute Gasteiger partial charge is 0.466 e. The van der Waals surface area contributed by atoms with E-state index in [1.807, 2.05) is 12.1 Å². The van der Waals surface area contributed by atoms with Gasteiger partial charge in [0.05, 0.1) is 24.2 Å². The lowest BCUT2D eigenvalue weighted by atomic mass is 9.80. The summed E-state index contributed by atoms with van der Waals surface area (Å²) in [7, 11) is 0. The van der Waals surface area contributed by atoms with Gasteiger partial charge >= 0.3 is 11.9 Å². The molecule has 1 aromatic heterocycles. The van der Waals surface area contributed by atoms with Crippen molar-refractivity contribution in [2.45, 2.75) is 56.2 Å². The highest BCUT2D eigenvalue weighted by atomic mass is 32.2. The summed E-state index contributed by atoms with van der Waals surface area (Å²) in [6, 6.07) is 8.26. The zero-order valence-electron chi connectivity index (χ0n) is 17.8. The number of fused-ring (bicyclic) bond motifs is 1. The van der Waals surface area contributed by atoms with E-state index in [0.717, 1.165) is 15.5 Å². The van der Waals surface area contributed by atoms with E-state index in [1.54, 1.807) is 13.8 Å². The Kier molecular flexibility index (Phi) is 7.09. The number of benzene rings is 1. The number of rotatable bonds is 5. The molecule has 2 heterocycles. The molecule has 3 rings (SSSR count). The Morgan fingerprint density at radius 1 is 1.07 bits per heavy atom. The first-order chi connectivity index (χ1) is 14.2. The van der Waals surface area contributed by atoms with Crippen LogP contribution in [0.25, 0.3) is 0 Å². The van der Waals surface area contributed by atoms with Crippen LogP contribution in [0.1, 0.15) is 56.5 Å². The van der Waals surface area contributed by atoms with Gasteiger partial charge in [0.2, 0.25) is 0 Å². The minimum atomic E-state index is -0.705. The summed E-state index contributed by atoms with van der Waals surface area (Å²) >= 11 is 8.14. The number of carbonyl (C=O) groups excluding carboxylic acids is 2. The number of hydrogen-bond donors (Lipinski definition) is 1. The van der Waals surface area contributed by atoms with E-state index in [1.165, 1.54) is 28.7 Å². The SMILES string of the molecule is CCOC(=O)C1Sc2[nH]c(=S)sc2C(c2ccc(C(C)(C)C)cc2)C1C(=O)OCC. The molecule has 2 aromatic rings. The molecule has 0 aliphatic carbocycles. The van der Waals surface area contributed by atoms with Crippen LogP contribution in [0.15, 0.2) is 29.3 Å². The fourth-order valence-electron chi connectivity index (χ4n) is 3.62. The van der Waals surface area contributed by atoms with E-state index < -0.39 is 23.1 Å². The standard InChI is InChI=1S/C22H27NO4S3/c1-6-26-19(24)15-14(12-8-10-13(11-9-12)22(3,4)5)16-18(23-21(28)30-16)29-17(15)20(25)27-7-2/h8-11,14-15,17H,6-7H2,1-5H3,(H,23,28). The number of thiazole rings is 1. The maximum Gasteiger partial charge on any atom is 0.320 e. The van der Waals surface area contributed by atoms with Gasteiger partial charge in [0, 0.05) is 10.8 Å². The summed E-state index contributed by atoms with van der Waals surface area (Å²) in [5.74, 6) is -1.82. The molecule has 0 fully saturated rings. The van der Waals surface area contributed by atoms with Crippen LogP contribution in [-0.4, -0.2) is 35.4 Å². The lowest BCUT2D eigenvalue weighted by Gasteiger charge is -2.34. The van der Waals surface area contributed by atoms with Crippen molar-refractivity contribution in [1.29, 1.82) is 0 Å². The van der Waals surface area contributed by atoms with E-state index in [0.29, 0.717) is 3.95 Å². The van der Waals surface area contributed by atoms with Crippen LogP contribution in [0.3, 0.4) is 0 Å². The van der Waals surface area contributed by atoms with Crippen LogP contribution in [-0.2, 0) is 24.5 Å². The van der Waals surface area contributed by atoms with Crippen molar-refractivity contribution in [3.05, 3.63) is 44.2 Å². The Bertz CT molecular complexity index is 972. The molecule has 8 heteroatoms. The highest BCUT2D eigenvalue weighted by molar-refractivity contribution is 8.00. The van der Waals surface area contributed by atoms with Gasteiger partial charge in [0.25, 0.3) is 0 Å². The van der Waals surface area contributed by atoms with Crippen molar-refractivity contribution in [1.82, 2.24) is 4.98 Å². The van der Waals surface area contributed by atoms with Crippen LogP contribution >= 0.6 is 35.3 Å². The molecule has 162 valence electrons. The molecule has 1 aliphatic heterocycles. The number of carbonyl (C=O) groups is 2. The molecule has 1 N–H and O–H groups in total. The quantitative estimate of drug-likeness (QED) is 0.468. The molecule has 1 aromatic carbocycles. The van der Waals surface area contributed by atoms with Crippen molar-refractivity contribution in [2.24, 2.45) is 5.92 Å². The number of nitrogens with one attached hydrogen (secondary N) is 1. The summed E-state index contributed by atoms with van der Waals surface area (Å²) in [4.78, 5) is 30.0. The molecule has 0 saturated carbocycles. The van der Waals surface area contributed by atoms with Crippen molar-refractivity contribution in [3.63, 3.8) is 0 Å². The molecule has 3 atom stereocenters. The first-order valence-electron chi connectivity index (χ1n) is 10.0. The predicted octanol–water partition coefficient (Wildman–Crippen LogP) is 5.45. The highest BCUT2D eigenvalue weighted by Gasteiger charge is 2.48. The zero-order valence-corrected chi connectivity index (χ0v) is 20.3. The van der Waals surface area contributed by atoms with E-state index in [2.05, 4.69) is 37.9 Å². The number of aromatic nitrogens is 1. The van der Waals surface area contributed by atoms with Crippen LogP contribution in [0.5, 0.6) is 0 Å². The van der Waals surface area contributed by atoms with Gasteiger partial charge in [-0.3, -0.25) is 9.59 Å². The maximum atomic E-state index is 13.1. The maximum absolute atomic E-state index is 13.1. The topological polar surface area (TPSA) is 68.4 Å². The molecule has 0 amide bonds. The summed E-state index contributed by atoms with van der Waals surface area (Å²) < 4.78 is 11.3. The molecule has 0 radical (unpaired) electrons. The number of esters is 2. The third kappa shape index (κ3) is 4.65.